The number of hydrogen-bond donors (Lipinski definition) is 1. The van der Waals surface area contributed by atoms with Crippen LogP contribution in [0.1, 0.15) is 5.69 Å². The van der Waals surface area contributed by atoms with Crippen molar-refractivity contribution in [2.45, 2.75) is 6.61 Å². The van der Waals surface area contributed by atoms with E-state index in [2.05, 4.69) is 9.88 Å². The summed E-state index contributed by atoms with van der Waals surface area (Å²) in [6.45, 7) is 5.85. The van der Waals surface area contributed by atoms with Crippen LogP contribution >= 0.6 is 0 Å². The molecule has 0 radical (unpaired) electrons. The van der Waals surface area contributed by atoms with Crippen LogP contribution in [-0.2, 0) is 16.1 Å². The van der Waals surface area contributed by atoms with E-state index in [0.717, 1.165) is 50.8 Å². The minimum absolute atomic E-state index is 0.523. The van der Waals surface area contributed by atoms with Crippen LogP contribution in [-0.4, -0.2) is 49.3 Å². The molecule has 0 amide bonds. The molecule has 94 valence electrons. The van der Waals surface area contributed by atoms with Gasteiger partial charge in [-0.15, -0.1) is 0 Å². The highest BCUT2D eigenvalue weighted by Crippen LogP contribution is 2.04. The number of nitrogens with two attached hydrogens (primary N) is 1. The van der Waals surface area contributed by atoms with E-state index in [9.17, 15) is 0 Å². The fourth-order valence-corrected chi connectivity index (χ4v) is 1.77. The number of nitrogen functional groups attached to an aromatic ring is 1. The molecular weight excluding hydrogens is 218 g/mol. The molecule has 5 nitrogen and oxygen atoms in total. The number of aromatic nitrogens is 1. The molecule has 1 aromatic heterocycles. The van der Waals surface area contributed by atoms with E-state index < -0.39 is 0 Å². The molecule has 2 rings (SSSR count). The zero-order valence-electron chi connectivity index (χ0n) is 9.97. The molecule has 1 aliphatic heterocycles. The Hall–Kier alpha value is -1.17. The van der Waals surface area contributed by atoms with E-state index in [1.165, 1.54) is 0 Å². The van der Waals surface area contributed by atoms with Crippen molar-refractivity contribution in [1.29, 1.82) is 0 Å². The Morgan fingerprint density at radius 1 is 1.41 bits per heavy atom. The van der Waals surface area contributed by atoms with Gasteiger partial charge in [0.15, 0.2) is 0 Å². The summed E-state index contributed by atoms with van der Waals surface area (Å²) in [5.74, 6) is 0. The van der Waals surface area contributed by atoms with Crippen LogP contribution in [0.5, 0.6) is 0 Å². The molecule has 5 heteroatoms. The van der Waals surface area contributed by atoms with Crippen LogP contribution < -0.4 is 5.73 Å². The van der Waals surface area contributed by atoms with Gasteiger partial charge >= 0.3 is 0 Å². The van der Waals surface area contributed by atoms with E-state index >= 15 is 0 Å². The Bertz CT molecular complexity index is 340. The lowest BCUT2D eigenvalue weighted by Gasteiger charge is -2.26. The van der Waals surface area contributed by atoms with Crippen LogP contribution in [0.25, 0.3) is 0 Å². The second kappa shape index (κ2) is 6.54. The molecule has 1 aromatic rings. The van der Waals surface area contributed by atoms with Gasteiger partial charge in [0.05, 0.1) is 32.1 Å². The largest absolute Gasteiger partial charge is 0.399 e. The van der Waals surface area contributed by atoms with Crippen LogP contribution in [0.15, 0.2) is 18.3 Å². The monoisotopic (exact) mass is 237 g/mol. The molecule has 0 saturated carbocycles. The molecule has 0 aliphatic carbocycles. The van der Waals surface area contributed by atoms with Crippen LogP contribution in [0, 0.1) is 0 Å². The molecule has 0 unspecified atom stereocenters. The summed E-state index contributed by atoms with van der Waals surface area (Å²) in [7, 11) is 0. The number of anilines is 1. The summed E-state index contributed by atoms with van der Waals surface area (Å²) in [6.07, 6.45) is 1.70. The first-order valence-electron chi connectivity index (χ1n) is 5.93. The minimum Gasteiger partial charge on any atom is -0.399 e. The third-order valence-electron chi connectivity index (χ3n) is 2.75. The molecule has 0 atom stereocenters. The molecule has 0 bridgehead atoms. The molecule has 1 fully saturated rings. The van der Waals surface area contributed by atoms with Gasteiger partial charge in [-0.1, -0.05) is 0 Å². The SMILES string of the molecule is Nc1ccnc(COCCN2CCOCC2)c1. The summed E-state index contributed by atoms with van der Waals surface area (Å²) in [5.41, 5.74) is 7.27. The second-order valence-electron chi connectivity index (χ2n) is 4.09. The summed E-state index contributed by atoms with van der Waals surface area (Å²) in [4.78, 5) is 6.53. The number of nitrogens with zero attached hydrogens (tertiary/aromatic N) is 2. The highest BCUT2D eigenvalue weighted by atomic mass is 16.5. The molecule has 0 aromatic carbocycles. The fraction of sp³-hybridized carbons (Fsp3) is 0.583. The van der Waals surface area contributed by atoms with E-state index in [4.69, 9.17) is 15.2 Å². The molecule has 1 aliphatic rings. The van der Waals surface area contributed by atoms with Crippen molar-refractivity contribution in [3.8, 4) is 0 Å². The molecule has 2 heterocycles. The first kappa shape index (κ1) is 12.3. The topological polar surface area (TPSA) is 60.6 Å². The van der Waals surface area contributed by atoms with E-state index in [1.54, 1.807) is 12.3 Å². The smallest absolute Gasteiger partial charge is 0.0889 e. The predicted molar refractivity (Wildman–Crippen MR) is 65.6 cm³/mol. The van der Waals surface area contributed by atoms with Gasteiger partial charge in [0.25, 0.3) is 0 Å². The average molecular weight is 237 g/mol. The van der Waals surface area contributed by atoms with Gasteiger partial charge in [-0.05, 0) is 12.1 Å². The van der Waals surface area contributed by atoms with Gasteiger partial charge in [-0.25, -0.2) is 0 Å². The van der Waals surface area contributed by atoms with Gasteiger partial charge in [-0.3, -0.25) is 9.88 Å². The van der Waals surface area contributed by atoms with Gasteiger partial charge in [-0.2, -0.15) is 0 Å². The third-order valence-corrected chi connectivity index (χ3v) is 2.75. The quantitative estimate of drug-likeness (QED) is 0.756. The average Bonchev–Trinajstić information content (AvgIpc) is 2.36. The van der Waals surface area contributed by atoms with Crippen molar-refractivity contribution < 1.29 is 9.47 Å². The van der Waals surface area contributed by atoms with Crippen molar-refractivity contribution >= 4 is 5.69 Å². The van der Waals surface area contributed by atoms with Crippen molar-refractivity contribution in [3.05, 3.63) is 24.0 Å². The zero-order valence-corrected chi connectivity index (χ0v) is 9.97. The Balaban J connectivity index is 1.62. The van der Waals surface area contributed by atoms with Crippen molar-refractivity contribution in [3.63, 3.8) is 0 Å². The summed E-state index contributed by atoms with van der Waals surface area (Å²) in [6, 6.07) is 3.62. The fourth-order valence-electron chi connectivity index (χ4n) is 1.77. The Kier molecular flexibility index (Phi) is 4.73. The number of hydrogen-bond acceptors (Lipinski definition) is 5. The van der Waals surface area contributed by atoms with E-state index in [0.29, 0.717) is 6.61 Å². The maximum absolute atomic E-state index is 5.66. The van der Waals surface area contributed by atoms with Crippen LogP contribution in [0.2, 0.25) is 0 Å². The Morgan fingerprint density at radius 3 is 3.00 bits per heavy atom. The predicted octanol–water partition coefficient (Wildman–Crippen LogP) is 0.513. The first-order valence-corrected chi connectivity index (χ1v) is 5.93. The maximum Gasteiger partial charge on any atom is 0.0889 e. The molecule has 1 saturated heterocycles. The number of ether oxygens (including phenoxy) is 2. The van der Waals surface area contributed by atoms with Gasteiger partial charge in [0, 0.05) is 31.5 Å². The van der Waals surface area contributed by atoms with Gasteiger partial charge < -0.3 is 15.2 Å². The number of pyridine rings is 1. The summed E-state index contributed by atoms with van der Waals surface area (Å²) in [5, 5.41) is 0. The van der Waals surface area contributed by atoms with Crippen LogP contribution in [0.4, 0.5) is 5.69 Å². The standard InChI is InChI=1S/C12H19N3O2/c13-11-1-2-14-12(9-11)10-17-8-5-15-3-6-16-7-4-15/h1-2,9H,3-8,10H2,(H2,13,14). The summed E-state index contributed by atoms with van der Waals surface area (Å²) < 4.78 is 10.9. The maximum atomic E-state index is 5.66. The second-order valence-corrected chi connectivity index (χ2v) is 4.09. The van der Waals surface area contributed by atoms with Crippen LogP contribution in [0.3, 0.4) is 0 Å². The number of morpholine rings is 1. The highest BCUT2D eigenvalue weighted by molar-refractivity contribution is 5.36. The first-order chi connectivity index (χ1) is 8.34. The van der Waals surface area contributed by atoms with E-state index in [-0.39, 0.29) is 0 Å². The Morgan fingerprint density at radius 2 is 2.24 bits per heavy atom. The Labute approximate surface area is 102 Å². The van der Waals surface area contributed by atoms with E-state index in [1.807, 2.05) is 6.07 Å². The molecule has 0 spiro atoms. The van der Waals surface area contributed by atoms with Crippen molar-refractivity contribution in [1.82, 2.24) is 9.88 Å². The lowest BCUT2D eigenvalue weighted by atomic mass is 10.3. The molecule has 2 N–H and O–H groups in total. The summed E-state index contributed by atoms with van der Waals surface area (Å²) >= 11 is 0. The van der Waals surface area contributed by atoms with Crippen molar-refractivity contribution in [2.75, 3.05) is 45.2 Å². The molecular formula is C12H19N3O2. The normalized spacial score (nSPS) is 17.2. The zero-order chi connectivity index (χ0) is 11.9. The third kappa shape index (κ3) is 4.30. The lowest BCUT2D eigenvalue weighted by molar-refractivity contribution is 0.0177. The van der Waals surface area contributed by atoms with Gasteiger partial charge in [0.1, 0.15) is 0 Å². The minimum atomic E-state index is 0.523. The molecule has 17 heavy (non-hydrogen) atoms. The lowest BCUT2D eigenvalue weighted by Crippen LogP contribution is -2.38. The van der Waals surface area contributed by atoms with Crippen molar-refractivity contribution in [2.24, 2.45) is 0 Å². The van der Waals surface area contributed by atoms with Gasteiger partial charge in [0.2, 0.25) is 0 Å². The number of rotatable bonds is 5. The highest BCUT2D eigenvalue weighted by Gasteiger charge is 2.09.